The van der Waals surface area contributed by atoms with E-state index < -0.39 is 18.5 Å². The molecule has 0 spiro atoms. The van der Waals surface area contributed by atoms with Crippen LogP contribution in [0.1, 0.15) is 67.6 Å². The third-order valence-electron chi connectivity index (χ3n) is 6.05. The molecule has 0 bridgehead atoms. The first-order valence-electron chi connectivity index (χ1n) is 12.6. The lowest BCUT2D eigenvalue weighted by molar-refractivity contribution is -0.135. The van der Waals surface area contributed by atoms with E-state index in [1.165, 1.54) is 6.07 Å². The Morgan fingerprint density at radius 2 is 1.79 bits per heavy atom. The number of aliphatic imine (C=N–C) groups is 1. The van der Waals surface area contributed by atoms with E-state index in [0.717, 1.165) is 12.3 Å². The molecule has 2 amide bonds. The number of nitrogens with one attached hydrogen (secondary N) is 1. The number of rotatable bonds is 7. The van der Waals surface area contributed by atoms with Crippen molar-refractivity contribution in [1.29, 1.82) is 0 Å². The molecule has 2 aromatic carbocycles. The van der Waals surface area contributed by atoms with Crippen molar-refractivity contribution in [3.63, 3.8) is 0 Å². The number of piperidine rings is 1. The van der Waals surface area contributed by atoms with Crippen LogP contribution in [0.25, 0.3) is 5.57 Å². The number of Topliss-reactive ketones (excluding diaryl/α,β-unsaturated/α-hetero) is 1. The summed E-state index contributed by atoms with van der Waals surface area (Å²) in [5.74, 6) is -1.53. The van der Waals surface area contributed by atoms with Crippen LogP contribution in [-0.2, 0) is 16.0 Å². The highest BCUT2D eigenvalue weighted by atomic mass is 19.4. The van der Waals surface area contributed by atoms with Crippen molar-refractivity contribution < 1.29 is 31.9 Å². The summed E-state index contributed by atoms with van der Waals surface area (Å²) >= 11 is 0. The number of benzene rings is 2. The summed E-state index contributed by atoms with van der Waals surface area (Å²) in [6.07, 6.45) is -1.85. The van der Waals surface area contributed by atoms with Crippen molar-refractivity contribution in [2.45, 2.75) is 53.1 Å². The minimum atomic E-state index is -4.53. The third-order valence-corrected chi connectivity index (χ3v) is 6.05. The van der Waals surface area contributed by atoms with Crippen LogP contribution in [0.3, 0.4) is 0 Å². The number of imide groups is 1. The summed E-state index contributed by atoms with van der Waals surface area (Å²) < 4.78 is 53.6. The van der Waals surface area contributed by atoms with Crippen LogP contribution in [-0.4, -0.2) is 36.0 Å². The van der Waals surface area contributed by atoms with Gasteiger partial charge in [-0.1, -0.05) is 58.0 Å². The molecule has 1 atom stereocenters. The summed E-state index contributed by atoms with van der Waals surface area (Å²) in [5, 5.41) is 2.25. The maximum atomic E-state index is 15.1. The molecule has 3 rings (SSSR count). The van der Waals surface area contributed by atoms with Crippen LogP contribution in [0, 0.1) is 17.7 Å². The first-order chi connectivity index (χ1) is 18.3. The number of ketones is 1. The maximum absolute atomic E-state index is 15.1. The molecule has 1 heterocycles. The van der Waals surface area contributed by atoms with E-state index in [9.17, 15) is 27.6 Å². The van der Waals surface area contributed by atoms with Gasteiger partial charge in [0.1, 0.15) is 12.4 Å². The highest BCUT2D eigenvalue weighted by Crippen LogP contribution is 2.28. The molecule has 0 aromatic heterocycles. The lowest BCUT2D eigenvalue weighted by Gasteiger charge is -2.17. The molecule has 1 aliphatic rings. The largest absolute Gasteiger partial charge is 0.407 e. The number of nitrogens with zero attached hydrogens (tertiary/aromatic N) is 1. The Bertz CT molecular complexity index is 1250. The fourth-order valence-corrected chi connectivity index (χ4v) is 3.85. The summed E-state index contributed by atoms with van der Waals surface area (Å²) in [4.78, 5) is 37.3. The van der Waals surface area contributed by atoms with Gasteiger partial charge in [-0.25, -0.2) is 4.39 Å². The summed E-state index contributed by atoms with van der Waals surface area (Å²) in [7, 11) is 0. The van der Waals surface area contributed by atoms with E-state index >= 15 is 4.39 Å². The number of carbonyl (C=O) groups excluding carboxylic acids is 3. The Kier molecular flexibility index (Phi) is 11.1. The SMILES string of the molecule is CC1CCC(=O)NC1=O.CCc1cc(/C(=C/N)C(=NCC(F)(F)F)c2ccccc2)c(F)cc1C(=O)C(C)C. The fourth-order valence-electron chi connectivity index (χ4n) is 3.85. The molecule has 1 fully saturated rings. The Morgan fingerprint density at radius 3 is 2.28 bits per heavy atom. The zero-order valence-corrected chi connectivity index (χ0v) is 22.4. The molecule has 1 aliphatic heterocycles. The average molecular weight is 548 g/mol. The number of hydrogen-bond donors (Lipinski definition) is 2. The Balaban J connectivity index is 0.000000499. The molecule has 0 saturated carbocycles. The van der Waals surface area contributed by atoms with Gasteiger partial charge in [0.2, 0.25) is 11.8 Å². The number of hydrogen-bond acceptors (Lipinski definition) is 5. The van der Waals surface area contributed by atoms with Crippen molar-refractivity contribution in [3.8, 4) is 0 Å². The van der Waals surface area contributed by atoms with E-state index in [4.69, 9.17) is 5.73 Å². The first kappa shape index (κ1) is 31.4. The van der Waals surface area contributed by atoms with Gasteiger partial charge < -0.3 is 5.73 Å². The van der Waals surface area contributed by atoms with Gasteiger partial charge in [0.05, 0.1) is 5.71 Å². The van der Waals surface area contributed by atoms with Gasteiger partial charge in [-0.2, -0.15) is 13.2 Å². The molecule has 0 aliphatic carbocycles. The molecule has 2 aromatic rings. The zero-order valence-electron chi connectivity index (χ0n) is 22.4. The van der Waals surface area contributed by atoms with Crippen molar-refractivity contribution in [2.75, 3.05) is 6.54 Å². The standard InChI is InChI=1S/C23H24F4N2O.C6H9NO2/c1-4-15-10-18(20(24)11-17(15)22(30)14(2)3)19(12-28)21(29-13-23(25,26)27)16-8-6-5-7-9-16;1-4-2-3-5(8)7-6(4)9/h5-12,14H,4,13,28H2,1-3H3;4H,2-3H2,1H3,(H,7,8,9)/b19-12-,29-21?;. The Hall–Kier alpha value is -3.82. The summed E-state index contributed by atoms with van der Waals surface area (Å²) in [6, 6.07) is 10.7. The Labute approximate surface area is 225 Å². The van der Waals surface area contributed by atoms with Gasteiger partial charge in [-0.15, -0.1) is 0 Å². The molecular formula is C29H33F4N3O3. The van der Waals surface area contributed by atoms with E-state index in [1.807, 2.05) is 13.8 Å². The van der Waals surface area contributed by atoms with Crippen molar-refractivity contribution >= 4 is 28.9 Å². The number of alkyl halides is 3. The van der Waals surface area contributed by atoms with Crippen molar-refractivity contribution in [1.82, 2.24) is 5.32 Å². The lowest BCUT2D eigenvalue weighted by Crippen LogP contribution is -2.39. The molecule has 3 N–H and O–H groups in total. The minimum absolute atomic E-state index is 0.000524. The van der Waals surface area contributed by atoms with Gasteiger partial charge in [-0.05, 0) is 30.5 Å². The number of nitrogens with two attached hydrogens (primary N) is 1. The highest BCUT2D eigenvalue weighted by molar-refractivity contribution is 6.31. The number of aryl methyl sites for hydroxylation is 1. The molecular weight excluding hydrogens is 514 g/mol. The smallest absolute Gasteiger partial charge is 0.404 e. The van der Waals surface area contributed by atoms with Crippen LogP contribution >= 0.6 is 0 Å². The summed E-state index contributed by atoms with van der Waals surface area (Å²) in [6.45, 7) is 5.64. The van der Waals surface area contributed by atoms with Crippen LogP contribution in [0.4, 0.5) is 17.6 Å². The quantitative estimate of drug-likeness (QED) is 0.203. The van der Waals surface area contributed by atoms with Gasteiger partial charge in [0, 0.05) is 46.7 Å². The highest BCUT2D eigenvalue weighted by Gasteiger charge is 2.28. The van der Waals surface area contributed by atoms with Crippen molar-refractivity contribution in [3.05, 3.63) is 76.7 Å². The predicted molar refractivity (Wildman–Crippen MR) is 143 cm³/mol. The van der Waals surface area contributed by atoms with Gasteiger partial charge in [0.15, 0.2) is 5.78 Å². The maximum Gasteiger partial charge on any atom is 0.407 e. The number of amides is 2. The molecule has 10 heteroatoms. The number of carbonyl (C=O) groups is 3. The third kappa shape index (κ3) is 8.87. The molecule has 1 unspecified atom stereocenters. The Morgan fingerprint density at radius 1 is 1.15 bits per heavy atom. The van der Waals surface area contributed by atoms with Crippen molar-refractivity contribution in [2.24, 2.45) is 22.6 Å². The van der Waals surface area contributed by atoms with Crippen LogP contribution < -0.4 is 11.1 Å². The van der Waals surface area contributed by atoms with Gasteiger partial charge in [0.25, 0.3) is 0 Å². The van der Waals surface area contributed by atoms with E-state index in [1.54, 1.807) is 44.2 Å². The van der Waals surface area contributed by atoms with Crippen LogP contribution in [0.2, 0.25) is 0 Å². The predicted octanol–water partition coefficient (Wildman–Crippen LogP) is 5.64. The molecule has 0 radical (unpaired) electrons. The molecule has 39 heavy (non-hydrogen) atoms. The van der Waals surface area contributed by atoms with E-state index in [2.05, 4.69) is 10.3 Å². The average Bonchev–Trinajstić information content (AvgIpc) is 2.89. The van der Waals surface area contributed by atoms with E-state index in [0.29, 0.717) is 30.4 Å². The monoisotopic (exact) mass is 547 g/mol. The molecule has 210 valence electrons. The zero-order chi connectivity index (χ0) is 29.3. The lowest BCUT2D eigenvalue weighted by atomic mass is 9.89. The van der Waals surface area contributed by atoms with Crippen LogP contribution in [0.5, 0.6) is 0 Å². The van der Waals surface area contributed by atoms with Gasteiger partial charge >= 0.3 is 6.18 Å². The topological polar surface area (TPSA) is 102 Å². The normalized spacial score (nSPS) is 16.5. The van der Waals surface area contributed by atoms with E-state index in [-0.39, 0.29) is 51.8 Å². The fraction of sp³-hybridized carbons (Fsp3) is 0.379. The molecule has 6 nitrogen and oxygen atoms in total. The van der Waals surface area contributed by atoms with Gasteiger partial charge in [-0.3, -0.25) is 24.7 Å². The summed E-state index contributed by atoms with van der Waals surface area (Å²) in [5.41, 5.74) is 6.92. The second kappa shape index (κ2) is 13.8. The second-order valence-corrected chi connectivity index (χ2v) is 9.44. The first-order valence-corrected chi connectivity index (χ1v) is 12.6. The second-order valence-electron chi connectivity index (χ2n) is 9.44. The molecule has 1 saturated heterocycles. The van der Waals surface area contributed by atoms with Crippen LogP contribution in [0.15, 0.2) is 53.7 Å². The minimum Gasteiger partial charge on any atom is -0.404 e. The number of allylic oxidation sites excluding steroid dienone is 1. The number of halogens is 4.